The minimum absolute atomic E-state index is 0.213. The Morgan fingerprint density at radius 1 is 1.12 bits per heavy atom. The first-order valence-corrected chi connectivity index (χ1v) is 7.18. The maximum atomic E-state index is 6.09. The lowest BCUT2D eigenvalue weighted by molar-refractivity contribution is 0.245. The monoisotopic (exact) mass is 236 g/mol. The van der Waals surface area contributed by atoms with Gasteiger partial charge in [-0.05, 0) is 43.9 Å². The molecular weight excluding hydrogens is 208 g/mol. The quantitative estimate of drug-likeness (QED) is 0.584. The van der Waals surface area contributed by atoms with Gasteiger partial charge in [-0.1, -0.05) is 32.4 Å². The average molecular weight is 236 g/mol. The molecule has 0 bridgehead atoms. The van der Waals surface area contributed by atoms with Crippen molar-refractivity contribution >= 4 is 0 Å². The Morgan fingerprint density at radius 2 is 1.82 bits per heavy atom. The highest BCUT2D eigenvalue weighted by molar-refractivity contribution is 5.03. The van der Waals surface area contributed by atoms with E-state index in [-0.39, 0.29) is 5.54 Å². The molecule has 0 heterocycles. The second kappa shape index (κ2) is 5.11. The molecule has 0 aromatic rings. The predicted molar refractivity (Wildman–Crippen MR) is 73.9 cm³/mol. The van der Waals surface area contributed by atoms with E-state index in [0.717, 1.165) is 6.54 Å². The molecule has 17 heavy (non-hydrogen) atoms. The molecule has 0 aromatic carbocycles. The Kier molecular flexibility index (Phi) is 3.94. The van der Waals surface area contributed by atoms with Gasteiger partial charge in [-0.15, -0.1) is 0 Å². The van der Waals surface area contributed by atoms with E-state index in [1.807, 2.05) is 0 Å². The van der Waals surface area contributed by atoms with Gasteiger partial charge in [0.1, 0.15) is 0 Å². The molecule has 0 amide bonds. The zero-order chi connectivity index (χ0) is 12.4. The fraction of sp³-hybridized carbons (Fsp3) is 0.867. The third-order valence-electron chi connectivity index (χ3n) is 4.70. The third-order valence-corrected chi connectivity index (χ3v) is 4.70. The molecule has 1 fully saturated rings. The van der Waals surface area contributed by atoms with Crippen molar-refractivity contribution in [2.24, 2.45) is 11.1 Å². The summed E-state index contributed by atoms with van der Waals surface area (Å²) in [6.07, 6.45) is 13.4. The maximum Gasteiger partial charge on any atom is 0.0306 e. The van der Waals surface area contributed by atoms with Crippen molar-refractivity contribution < 1.29 is 0 Å². The highest BCUT2D eigenvalue weighted by atomic mass is 15.0. The molecule has 1 atom stereocenters. The molecule has 2 nitrogen and oxygen atoms in total. The number of hydrogen-bond acceptors (Lipinski definition) is 2. The molecular formula is C15H28N2. The van der Waals surface area contributed by atoms with Crippen molar-refractivity contribution in [2.75, 3.05) is 6.54 Å². The van der Waals surface area contributed by atoms with Crippen molar-refractivity contribution in [3.8, 4) is 0 Å². The second-order valence-electron chi connectivity index (χ2n) is 6.79. The van der Waals surface area contributed by atoms with Crippen LogP contribution in [0.1, 0.15) is 58.8 Å². The summed E-state index contributed by atoms with van der Waals surface area (Å²) >= 11 is 0. The smallest absolute Gasteiger partial charge is 0.0306 e. The highest BCUT2D eigenvalue weighted by Gasteiger charge is 2.35. The van der Waals surface area contributed by atoms with Gasteiger partial charge in [0.05, 0.1) is 0 Å². The lowest BCUT2D eigenvalue weighted by Crippen LogP contribution is -2.54. The first-order valence-electron chi connectivity index (χ1n) is 7.18. The molecule has 3 N–H and O–H groups in total. The van der Waals surface area contributed by atoms with E-state index >= 15 is 0 Å². The highest BCUT2D eigenvalue weighted by Crippen LogP contribution is 2.38. The van der Waals surface area contributed by atoms with Crippen molar-refractivity contribution in [3.05, 3.63) is 12.2 Å². The summed E-state index contributed by atoms with van der Waals surface area (Å²) in [6, 6.07) is 0.639. The number of hydrogen-bond donors (Lipinski definition) is 2. The Labute approximate surface area is 106 Å². The van der Waals surface area contributed by atoms with Gasteiger partial charge in [0, 0.05) is 18.1 Å². The van der Waals surface area contributed by atoms with E-state index in [2.05, 4.69) is 31.3 Å². The van der Waals surface area contributed by atoms with Gasteiger partial charge in [0.15, 0.2) is 0 Å². The van der Waals surface area contributed by atoms with Crippen LogP contribution in [0.5, 0.6) is 0 Å². The molecule has 2 aliphatic rings. The Balaban J connectivity index is 1.98. The topological polar surface area (TPSA) is 38.0 Å². The van der Waals surface area contributed by atoms with Crippen LogP contribution in [0.15, 0.2) is 12.2 Å². The molecule has 0 aromatic heterocycles. The summed E-state index contributed by atoms with van der Waals surface area (Å²) in [5, 5.41) is 3.87. The SMILES string of the molecule is CC1(C)CCCC(CN)(NC2CC=CC2)CC1. The van der Waals surface area contributed by atoms with E-state index in [4.69, 9.17) is 5.73 Å². The van der Waals surface area contributed by atoms with Gasteiger partial charge in [-0.25, -0.2) is 0 Å². The zero-order valence-electron chi connectivity index (χ0n) is 11.5. The van der Waals surface area contributed by atoms with Crippen molar-refractivity contribution in [2.45, 2.75) is 70.4 Å². The third kappa shape index (κ3) is 3.32. The van der Waals surface area contributed by atoms with Crippen LogP contribution >= 0.6 is 0 Å². The number of nitrogens with one attached hydrogen (secondary N) is 1. The van der Waals surface area contributed by atoms with Gasteiger partial charge in [-0.3, -0.25) is 0 Å². The standard InChI is InChI=1S/C15H28N2/c1-14(2)8-5-9-15(12-16,11-10-14)17-13-6-3-4-7-13/h3-4,13,17H,5-12,16H2,1-2H3. The summed E-state index contributed by atoms with van der Waals surface area (Å²) < 4.78 is 0. The summed E-state index contributed by atoms with van der Waals surface area (Å²) in [6.45, 7) is 5.59. The first-order chi connectivity index (χ1) is 8.05. The molecule has 0 aliphatic heterocycles. The lowest BCUT2D eigenvalue weighted by Gasteiger charge is -2.36. The van der Waals surface area contributed by atoms with E-state index in [9.17, 15) is 0 Å². The maximum absolute atomic E-state index is 6.09. The van der Waals surface area contributed by atoms with Gasteiger partial charge >= 0.3 is 0 Å². The van der Waals surface area contributed by atoms with Crippen LogP contribution in [0.3, 0.4) is 0 Å². The van der Waals surface area contributed by atoms with Gasteiger partial charge in [0.2, 0.25) is 0 Å². The van der Waals surface area contributed by atoms with Gasteiger partial charge in [-0.2, -0.15) is 0 Å². The summed E-state index contributed by atoms with van der Waals surface area (Å²) in [7, 11) is 0. The van der Waals surface area contributed by atoms with Gasteiger partial charge in [0.25, 0.3) is 0 Å². The first kappa shape index (κ1) is 13.1. The molecule has 0 radical (unpaired) electrons. The van der Waals surface area contributed by atoms with E-state index in [1.54, 1.807) is 0 Å². The van der Waals surface area contributed by atoms with E-state index in [0.29, 0.717) is 11.5 Å². The molecule has 2 aliphatic carbocycles. The Morgan fingerprint density at radius 3 is 2.47 bits per heavy atom. The van der Waals surface area contributed by atoms with E-state index in [1.165, 1.54) is 44.9 Å². The lowest BCUT2D eigenvalue weighted by atomic mass is 9.83. The summed E-state index contributed by atoms with van der Waals surface area (Å²) in [5.41, 5.74) is 6.81. The predicted octanol–water partition coefficient (Wildman–Crippen LogP) is 2.98. The summed E-state index contributed by atoms with van der Waals surface area (Å²) in [5.74, 6) is 0. The molecule has 0 saturated heterocycles. The van der Waals surface area contributed by atoms with Crippen LogP contribution in [-0.4, -0.2) is 18.1 Å². The van der Waals surface area contributed by atoms with Crippen LogP contribution in [0.25, 0.3) is 0 Å². The van der Waals surface area contributed by atoms with Crippen LogP contribution in [-0.2, 0) is 0 Å². The molecule has 0 spiro atoms. The molecule has 2 rings (SSSR count). The molecule has 1 unspecified atom stereocenters. The number of nitrogens with two attached hydrogens (primary N) is 1. The number of rotatable bonds is 3. The summed E-state index contributed by atoms with van der Waals surface area (Å²) in [4.78, 5) is 0. The van der Waals surface area contributed by atoms with Crippen molar-refractivity contribution in [1.82, 2.24) is 5.32 Å². The van der Waals surface area contributed by atoms with Gasteiger partial charge < -0.3 is 11.1 Å². The van der Waals surface area contributed by atoms with Crippen LogP contribution in [0, 0.1) is 5.41 Å². The van der Waals surface area contributed by atoms with E-state index < -0.39 is 0 Å². The van der Waals surface area contributed by atoms with Crippen molar-refractivity contribution in [3.63, 3.8) is 0 Å². The van der Waals surface area contributed by atoms with Crippen LogP contribution in [0.2, 0.25) is 0 Å². The Bertz CT molecular complexity index is 275. The minimum atomic E-state index is 0.213. The molecule has 1 saturated carbocycles. The molecule has 98 valence electrons. The average Bonchev–Trinajstić information content (AvgIpc) is 2.73. The normalized spacial score (nSPS) is 33.8. The van der Waals surface area contributed by atoms with Crippen LogP contribution in [0.4, 0.5) is 0 Å². The Hall–Kier alpha value is -0.340. The fourth-order valence-corrected chi connectivity index (χ4v) is 3.31. The molecule has 2 heteroatoms. The van der Waals surface area contributed by atoms with Crippen LogP contribution < -0.4 is 11.1 Å². The second-order valence-corrected chi connectivity index (χ2v) is 6.79. The van der Waals surface area contributed by atoms with Crippen molar-refractivity contribution in [1.29, 1.82) is 0 Å². The fourth-order valence-electron chi connectivity index (χ4n) is 3.31. The minimum Gasteiger partial charge on any atom is -0.329 e. The largest absolute Gasteiger partial charge is 0.329 e. The zero-order valence-corrected chi connectivity index (χ0v) is 11.5.